The van der Waals surface area contributed by atoms with Crippen LogP contribution in [0.4, 0.5) is 18.0 Å². The normalized spacial score (nSPS) is 17.8. The lowest BCUT2D eigenvalue weighted by Gasteiger charge is -2.41. The van der Waals surface area contributed by atoms with Crippen molar-refractivity contribution in [1.82, 2.24) is 15.2 Å². The van der Waals surface area contributed by atoms with E-state index < -0.39 is 44.5 Å². The van der Waals surface area contributed by atoms with Gasteiger partial charge in [-0.05, 0) is 89.3 Å². The third kappa shape index (κ3) is 6.95. The number of aromatic nitrogens is 1. The number of carbonyl (C=O) groups excluding carboxylic acids is 2. The summed E-state index contributed by atoms with van der Waals surface area (Å²) in [4.78, 5) is 32.0. The Morgan fingerprint density at radius 2 is 1.76 bits per heavy atom. The highest BCUT2D eigenvalue weighted by atomic mass is 32.2. The average Bonchev–Trinajstić information content (AvgIpc) is 3.66. The van der Waals surface area contributed by atoms with Crippen molar-refractivity contribution in [1.29, 1.82) is 0 Å². The minimum Gasteiger partial charge on any atom is -0.491 e. The van der Waals surface area contributed by atoms with E-state index in [1.54, 1.807) is 69.9 Å². The number of hydrogen-bond acceptors (Lipinski definition) is 8. The first kappa shape index (κ1) is 32.3. The SMILES string of the molecule is Cc1ccc2c(C3(NC(=O)c4cc(OC[C@@H]5CCN5C(=O)OC(C)(C)C)ccc4C)CC3)cc(OS(=O)(=O)C(F)(F)F)cc2n1. The maximum Gasteiger partial charge on any atom is 0.534 e. The summed E-state index contributed by atoms with van der Waals surface area (Å²) in [5, 5.41) is 3.55. The first-order valence-electron chi connectivity index (χ1n) is 14.4. The van der Waals surface area contributed by atoms with Gasteiger partial charge in [0.15, 0.2) is 0 Å². The zero-order valence-corrected chi connectivity index (χ0v) is 26.3. The second kappa shape index (κ2) is 11.4. The van der Waals surface area contributed by atoms with Crippen LogP contribution in [0.5, 0.6) is 11.5 Å². The Balaban J connectivity index is 1.36. The van der Waals surface area contributed by atoms with Crippen LogP contribution in [-0.2, 0) is 20.4 Å². The number of aryl methyl sites for hydroxylation is 2. The molecule has 1 aliphatic heterocycles. The molecule has 3 aromatic rings. The molecule has 2 aliphatic rings. The molecule has 0 spiro atoms. The largest absolute Gasteiger partial charge is 0.534 e. The van der Waals surface area contributed by atoms with Crippen molar-refractivity contribution in [3.8, 4) is 11.5 Å². The maximum atomic E-state index is 13.6. The molecule has 1 atom stereocenters. The number of amides is 2. The Labute approximate surface area is 259 Å². The number of fused-ring (bicyclic) bond motifs is 1. The first-order chi connectivity index (χ1) is 20.9. The van der Waals surface area contributed by atoms with Gasteiger partial charge in [0.2, 0.25) is 0 Å². The van der Waals surface area contributed by atoms with Gasteiger partial charge in [0.25, 0.3) is 5.91 Å². The number of carbonyl (C=O) groups is 2. The number of nitrogens with zero attached hydrogens (tertiary/aromatic N) is 2. The van der Waals surface area contributed by atoms with Crippen LogP contribution in [0.15, 0.2) is 42.5 Å². The highest BCUT2D eigenvalue weighted by Gasteiger charge is 2.50. The number of ether oxygens (including phenoxy) is 2. The fourth-order valence-electron chi connectivity index (χ4n) is 5.10. The number of hydrogen-bond donors (Lipinski definition) is 1. The second-order valence-corrected chi connectivity index (χ2v) is 14.0. The highest BCUT2D eigenvalue weighted by Crippen LogP contribution is 2.49. The smallest absolute Gasteiger partial charge is 0.491 e. The van der Waals surface area contributed by atoms with Gasteiger partial charge in [0, 0.05) is 29.3 Å². The van der Waals surface area contributed by atoms with E-state index >= 15 is 0 Å². The first-order valence-corrected chi connectivity index (χ1v) is 15.8. The molecule has 1 N–H and O–H groups in total. The zero-order valence-electron chi connectivity index (χ0n) is 25.4. The predicted molar refractivity (Wildman–Crippen MR) is 158 cm³/mol. The van der Waals surface area contributed by atoms with Gasteiger partial charge in [-0.15, -0.1) is 0 Å². The van der Waals surface area contributed by atoms with E-state index in [1.807, 2.05) is 0 Å². The van der Waals surface area contributed by atoms with Gasteiger partial charge in [-0.1, -0.05) is 12.1 Å². The van der Waals surface area contributed by atoms with Gasteiger partial charge in [0.05, 0.1) is 17.1 Å². The third-order valence-corrected chi connectivity index (χ3v) is 8.67. The van der Waals surface area contributed by atoms with Crippen molar-refractivity contribution in [2.75, 3.05) is 13.2 Å². The molecule has 2 heterocycles. The van der Waals surface area contributed by atoms with Crippen LogP contribution in [0.3, 0.4) is 0 Å². The van der Waals surface area contributed by atoms with E-state index in [9.17, 15) is 31.2 Å². The molecule has 242 valence electrons. The molecule has 2 aromatic carbocycles. The number of rotatable bonds is 8. The molecule has 1 saturated carbocycles. The van der Waals surface area contributed by atoms with E-state index in [2.05, 4.69) is 14.5 Å². The van der Waals surface area contributed by atoms with Gasteiger partial charge in [-0.2, -0.15) is 21.6 Å². The molecule has 2 fully saturated rings. The summed E-state index contributed by atoms with van der Waals surface area (Å²) >= 11 is 0. The predicted octanol–water partition coefficient (Wildman–Crippen LogP) is 5.89. The Morgan fingerprint density at radius 1 is 1.04 bits per heavy atom. The van der Waals surface area contributed by atoms with Gasteiger partial charge < -0.3 is 23.9 Å². The summed E-state index contributed by atoms with van der Waals surface area (Å²) in [6, 6.07) is 10.6. The number of pyridine rings is 1. The summed E-state index contributed by atoms with van der Waals surface area (Å²) in [6.45, 7) is 9.60. The lowest BCUT2D eigenvalue weighted by molar-refractivity contribution is -0.0500. The van der Waals surface area contributed by atoms with Crippen LogP contribution in [0, 0.1) is 13.8 Å². The molecule has 1 saturated heterocycles. The van der Waals surface area contributed by atoms with Gasteiger partial charge in [0.1, 0.15) is 23.7 Å². The monoisotopic (exact) mass is 649 g/mol. The lowest BCUT2D eigenvalue weighted by atomic mass is 9.97. The molecule has 0 unspecified atom stereocenters. The van der Waals surface area contributed by atoms with Crippen LogP contribution in [0.25, 0.3) is 10.9 Å². The zero-order chi connectivity index (χ0) is 32.9. The highest BCUT2D eigenvalue weighted by molar-refractivity contribution is 7.88. The van der Waals surface area contributed by atoms with Gasteiger partial charge in [-0.25, -0.2) is 4.79 Å². The summed E-state index contributed by atoms with van der Waals surface area (Å²) in [6.07, 6.45) is 1.24. The van der Waals surface area contributed by atoms with Crippen LogP contribution < -0.4 is 14.2 Å². The average molecular weight is 650 g/mol. The van der Waals surface area contributed by atoms with Gasteiger partial charge >= 0.3 is 21.7 Å². The quantitative estimate of drug-likeness (QED) is 0.237. The molecule has 0 bridgehead atoms. The summed E-state index contributed by atoms with van der Waals surface area (Å²) in [5.74, 6) is -0.585. The standard InChI is InChI=1S/C31H34F3N3O7S/c1-18-6-8-21(42-17-20-10-13-37(20)28(39)43-29(3,4)5)14-24(18)27(38)36-30(11-12-30)25-15-22(44-45(40,41)31(32,33)34)16-26-23(25)9-7-19(2)35-26/h6-9,14-16,20H,10-13,17H2,1-5H3,(H,36,38)/t20-/m0/s1. The van der Waals surface area contributed by atoms with E-state index in [4.69, 9.17) is 9.47 Å². The van der Waals surface area contributed by atoms with Gasteiger partial charge in [-0.3, -0.25) is 9.78 Å². The van der Waals surface area contributed by atoms with E-state index in [1.165, 1.54) is 6.07 Å². The molecule has 10 nitrogen and oxygen atoms in total. The van der Waals surface area contributed by atoms with E-state index in [0.29, 0.717) is 52.9 Å². The Hall–Kier alpha value is -4.07. The van der Waals surface area contributed by atoms with Crippen molar-refractivity contribution in [2.45, 2.75) is 76.6 Å². The number of halogens is 3. The topological polar surface area (TPSA) is 124 Å². The minimum absolute atomic E-state index is 0.172. The fourth-order valence-corrected chi connectivity index (χ4v) is 5.55. The molecule has 0 radical (unpaired) electrons. The lowest BCUT2D eigenvalue weighted by Crippen LogP contribution is -2.55. The van der Waals surface area contributed by atoms with Crippen LogP contribution in [0.1, 0.15) is 67.2 Å². The maximum absolute atomic E-state index is 13.6. The Morgan fingerprint density at radius 3 is 2.36 bits per heavy atom. The van der Waals surface area contributed by atoms with Crippen molar-refractivity contribution < 1.29 is 44.8 Å². The number of nitrogens with one attached hydrogen (secondary N) is 1. The second-order valence-electron chi connectivity index (χ2n) is 12.4. The summed E-state index contributed by atoms with van der Waals surface area (Å²) in [5.41, 5.74) is -5.07. The Kier molecular flexibility index (Phi) is 8.17. The molecule has 5 rings (SSSR count). The van der Waals surface area contributed by atoms with Crippen molar-refractivity contribution in [2.24, 2.45) is 0 Å². The van der Waals surface area contributed by atoms with Crippen molar-refractivity contribution in [3.63, 3.8) is 0 Å². The molecule has 2 amide bonds. The molecular formula is C31H34F3N3O7S. The summed E-state index contributed by atoms with van der Waals surface area (Å²) < 4.78 is 78.7. The molecular weight excluding hydrogens is 615 g/mol. The van der Waals surface area contributed by atoms with E-state index in [-0.39, 0.29) is 18.2 Å². The number of alkyl halides is 3. The van der Waals surface area contributed by atoms with Crippen LogP contribution in [-0.4, -0.2) is 60.6 Å². The van der Waals surface area contributed by atoms with Crippen LogP contribution >= 0.6 is 0 Å². The summed E-state index contributed by atoms with van der Waals surface area (Å²) in [7, 11) is -5.93. The number of likely N-dealkylation sites (tertiary alicyclic amines) is 1. The third-order valence-electron chi connectivity index (χ3n) is 7.70. The molecule has 1 aromatic heterocycles. The molecule has 14 heteroatoms. The van der Waals surface area contributed by atoms with Crippen molar-refractivity contribution in [3.05, 3.63) is 64.8 Å². The fraction of sp³-hybridized carbons (Fsp3) is 0.452. The Bertz CT molecular complexity index is 1770. The molecule has 45 heavy (non-hydrogen) atoms. The molecule has 1 aliphatic carbocycles. The van der Waals surface area contributed by atoms with Crippen LogP contribution in [0.2, 0.25) is 0 Å². The van der Waals surface area contributed by atoms with E-state index in [0.717, 1.165) is 12.5 Å². The van der Waals surface area contributed by atoms with Crippen molar-refractivity contribution >= 4 is 33.0 Å². The number of benzene rings is 2. The minimum atomic E-state index is -5.93.